The molecule has 1 aromatic carbocycles. The molecular weight excluding hydrogens is 1000 g/mol. The van der Waals surface area contributed by atoms with E-state index < -0.39 is 108 Å². The maximum atomic E-state index is 14.1. The number of carbonyl (C=O) groups excluding carboxylic acids is 6. The van der Waals surface area contributed by atoms with Crippen molar-refractivity contribution in [1.82, 2.24) is 26.4 Å². The van der Waals surface area contributed by atoms with E-state index in [0.29, 0.717) is 44.0 Å². The van der Waals surface area contributed by atoms with Crippen LogP contribution in [-0.2, 0) is 39.9 Å². The third-order valence-corrected chi connectivity index (χ3v) is 17.2. The molecule has 1 aliphatic carbocycles. The van der Waals surface area contributed by atoms with Gasteiger partial charge in [0.25, 0.3) is 5.91 Å². The lowest BCUT2D eigenvalue weighted by Gasteiger charge is -2.65. The predicted molar refractivity (Wildman–Crippen MR) is 292 cm³/mol. The van der Waals surface area contributed by atoms with Crippen LogP contribution >= 0.6 is 0 Å². The average Bonchev–Trinajstić information content (AvgIpc) is 3.60. The van der Waals surface area contributed by atoms with Gasteiger partial charge in [-0.05, 0) is 94.2 Å². The van der Waals surface area contributed by atoms with E-state index >= 15 is 0 Å². The number of hydrogen-bond donors (Lipinski definition) is 11. The Kier molecular flexibility index (Phi) is 24.2. The highest BCUT2D eigenvalue weighted by molar-refractivity contribution is 5.93. The Morgan fingerprint density at radius 1 is 0.923 bits per heavy atom. The van der Waals surface area contributed by atoms with Crippen LogP contribution in [0.1, 0.15) is 132 Å². The number of amides is 4. The molecule has 5 rings (SSSR count). The van der Waals surface area contributed by atoms with Crippen molar-refractivity contribution in [3.05, 3.63) is 66.3 Å². The van der Waals surface area contributed by atoms with Crippen molar-refractivity contribution in [3.63, 3.8) is 0 Å². The summed E-state index contributed by atoms with van der Waals surface area (Å²) in [5, 5.41) is 87.0. The Hall–Kier alpha value is -4.86. The number of aldehydes is 1. The number of rotatable bonds is 29. The topological polar surface area (TPSA) is 305 Å². The number of ether oxygens (including phenoxy) is 1. The van der Waals surface area contributed by atoms with Gasteiger partial charge < -0.3 is 66.0 Å². The molecule has 3 aliphatic heterocycles. The highest BCUT2D eigenvalue weighted by Crippen LogP contribution is 2.57. The number of aliphatic hydroxyl groups excluding tert-OH is 6. The molecule has 4 amide bonds. The van der Waals surface area contributed by atoms with Crippen molar-refractivity contribution in [1.29, 1.82) is 0 Å². The van der Waals surface area contributed by atoms with Crippen LogP contribution in [0.5, 0.6) is 5.75 Å². The number of aliphatic hydroxyl groups is 6. The van der Waals surface area contributed by atoms with Gasteiger partial charge in [-0.1, -0.05) is 97.1 Å². The maximum absolute atomic E-state index is 14.1. The van der Waals surface area contributed by atoms with Gasteiger partial charge in [-0.2, -0.15) is 0 Å². The van der Waals surface area contributed by atoms with E-state index in [9.17, 15) is 64.5 Å². The highest BCUT2D eigenvalue weighted by Gasteiger charge is 2.67. The number of benzene rings is 1. The number of phenolic OH excluding ortho intramolecular Hbond substituents is 1. The van der Waals surface area contributed by atoms with Crippen molar-refractivity contribution in [3.8, 4) is 5.75 Å². The van der Waals surface area contributed by atoms with E-state index in [0.717, 1.165) is 19.3 Å². The lowest BCUT2D eigenvalue weighted by atomic mass is 9.55. The second kappa shape index (κ2) is 29.6. The van der Waals surface area contributed by atoms with Gasteiger partial charge in [0.05, 0.1) is 54.7 Å². The Morgan fingerprint density at radius 3 is 2.31 bits per heavy atom. The maximum Gasteiger partial charge on any atom is 0.259 e. The van der Waals surface area contributed by atoms with E-state index in [2.05, 4.69) is 21.4 Å². The molecule has 78 heavy (non-hydrogen) atoms. The minimum absolute atomic E-state index is 0.0205. The van der Waals surface area contributed by atoms with Crippen LogP contribution in [0.25, 0.3) is 0 Å². The van der Waals surface area contributed by atoms with Crippen LogP contribution in [0, 0.1) is 53.3 Å². The summed E-state index contributed by atoms with van der Waals surface area (Å²) in [6.07, 6.45) is 8.90. The van der Waals surface area contributed by atoms with Crippen LogP contribution in [0.3, 0.4) is 0 Å². The lowest BCUT2D eigenvalue weighted by Crippen LogP contribution is -2.78. The van der Waals surface area contributed by atoms with Crippen LogP contribution in [0.2, 0.25) is 0 Å². The van der Waals surface area contributed by atoms with Crippen LogP contribution in [0.4, 0.5) is 0 Å². The Balaban J connectivity index is 1.09. The van der Waals surface area contributed by atoms with Crippen LogP contribution < -0.4 is 21.4 Å². The SMILES string of the molecule is CC[C@H]1C[C@@H]2C[C@H]3[C@@H](O)[C@@H](C)[C@H](C[C@H](O)[C@@H](C)CC/C=C/C(O)C(C)[C@@H](O)C/C=C/C=C/[C@H](O)[C@H](C)[C@@H](O)[C@@H](CCC(C)=O)C(=O)N[C@H](C(=O)N[C@@H](Cc4cccc(O)c4)C(=O)N4CCCC(C=O)N4)C(C)C)O[C@]23NC1=O. The van der Waals surface area contributed by atoms with Gasteiger partial charge in [0, 0.05) is 61.3 Å². The average molecular weight is 1090 g/mol. The molecule has 19 heteroatoms. The quantitative estimate of drug-likeness (QED) is 0.0311. The first-order valence-corrected chi connectivity index (χ1v) is 28.4. The Bertz CT molecular complexity index is 2260. The summed E-state index contributed by atoms with van der Waals surface area (Å²) in [7, 11) is 0. The van der Waals surface area contributed by atoms with E-state index in [1.807, 2.05) is 26.8 Å². The Morgan fingerprint density at radius 2 is 1.64 bits per heavy atom. The summed E-state index contributed by atoms with van der Waals surface area (Å²) in [4.78, 5) is 78.6. The molecular formula is C59H91N5O14. The number of allylic oxidation sites excluding steroid dienone is 3. The second-order valence-electron chi connectivity index (χ2n) is 23.3. The number of aromatic hydroxyl groups is 1. The van der Waals surface area contributed by atoms with Crippen LogP contribution in [0.15, 0.2) is 60.7 Å². The third-order valence-electron chi connectivity index (χ3n) is 17.2. The molecule has 1 saturated carbocycles. The smallest absolute Gasteiger partial charge is 0.259 e. The van der Waals surface area contributed by atoms with Crippen molar-refractivity contribution < 1.29 is 69.2 Å². The molecule has 11 N–H and O–H groups in total. The van der Waals surface area contributed by atoms with Gasteiger partial charge in [0.15, 0.2) is 0 Å². The molecule has 3 saturated heterocycles. The summed E-state index contributed by atoms with van der Waals surface area (Å²) in [6.45, 7) is 14.2. The van der Waals surface area contributed by atoms with Gasteiger partial charge >= 0.3 is 0 Å². The summed E-state index contributed by atoms with van der Waals surface area (Å²) >= 11 is 0. The summed E-state index contributed by atoms with van der Waals surface area (Å²) in [5.41, 5.74) is 2.57. The molecule has 4 aliphatic rings. The fraction of sp³-hybridized carbons (Fsp3) is 0.695. The summed E-state index contributed by atoms with van der Waals surface area (Å²) in [6, 6.07) is 3.27. The predicted octanol–water partition coefficient (Wildman–Crippen LogP) is 3.46. The van der Waals surface area contributed by atoms with Gasteiger partial charge in [0.1, 0.15) is 35.6 Å². The normalized spacial score (nSPS) is 28.7. The van der Waals surface area contributed by atoms with Gasteiger partial charge in [-0.15, -0.1) is 0 Å². The molecule has 19 atom stereocenters. The standard InChI is InChI=1S/C59H91N5O14/c1-9-40-29-41-30-45-54(73)38(8)51(78-59(41,45)62-55(40)74)31-50(71)34(4)17-13-14-23-48(69)36(6)47(68)21-11-10-12-22-49(70)37(7)53(72)44(25-24-35(5)66)56(75)61-52(33(2)3)57(76)60-46(28-39-18-15-20-43(67)27-39)58(77)64-26-16-19-42(32-65)63-64/h10-12,14-15,18,20,22-23,27,32-34,36-38,40-42,44-54,63,67-73H,9,13,16-17,19,21,24-26,28-31H2,1-8H3,(H,60,76)(H,61,75)(H,62,74)/b11-10+,22-12+,23-14+/t34-,36?,37-,38-,40-,41+,42?,44+,45-,46-,47-,48?,49-,50-,51-,52-,53+,54-,59+/m0/s1. The molecule has 3 unspecified atom stereocenters. The molecule has 1 aromatic rings. The van der Waals surface area contributed by atoms with Crippen LogP contribution in [-0.4, -0.2) is 150 Å². The van der Waals surface area contributed by atoms with Crippen molar-refractivity contribution in [2.75, 3.05) is 6.54 Å². The molecule has 0 aromatic heterocycles. The van der Waals surface area contributed by atoms with Crippen molar-refractivity contribution in [2.24, 2.45) is 53.3 Å². The first kappa shape index (κ1) is 64.0. The zero-order chi connectivity index (χ0) is 57.6. The number of carbonyl (C=O) groups is 6. The number of hydrogen-bond acceptors (Lipinski definition) is 15. The third kappa shape index (κ3) is 16.6. The van der Waals surface area contributed by atoms with Crippen molar-refractivity contribution in [2.45, 2.75) is 199 Å². The van der Waals surface area contributed by atoms with Gasteiger partial charge in [0.2, 0.25) is 17.7 Å². The molecule has 4 fully saturated rings. The second-order valence-corrected chi connectivity index (χ2v) is 23.3. The minimum Gasteiger partial charge on any atom is -0.508 e. The number of Topliss-reactive ketones (excluding diaryl/α,β-unsaturated/α-hetero) is 1. The Labute approximate surface area is 460 Å². The van der Waals surface area contributed by atoms with Gasteiger partial charge in [-0.25, -0.2) is 5.43 Å². The van der Waals surface area contributed by atoms with Crippen molar-refractivity contribution >= 4 is 35.7 Å². The first-order valence-electron chi connectivity index (χ1n) is 28.4. The van der Waals surface area contributed by atoms with E-state index in [1.54, 1.807) is 58.1 Å². The lowest BCUT2D eigenvalue weighted by molar-refractivity contribution is -0.320. The molecule has 1 spiro atoms. The minimum atomic E-state index is -1.47. The summed E-state index contributed by atoms with van der Waals surface area (Å²) in [5.74, 6) is -5.86. The van der Waals surface area contributed by atoms with Gasteiger partial charge in [-0.3, -0.25) is 24.2 Å². The molecule has 3 heterocycles. The molecule has 436 valence electrons. The van der Waals surface area contributed by atoms with E-state index in [-0.39, 0.29) is 79.3 Å². The number of ketones is 1. The van der Waals surface area contributed by atoms with E-state index in [4.69, 9.17) is 4.74 Å². The fourth-order valence-electron chi connectivity index (χ4n) is 11.5. The summed E-state index contributed by atoms with van der Waals surface area (Å²) < 4.78 is 6.61. The number of hydrazine groups is 1. The number of phenols is 1. The largest absolute Gasteiger partial charge is 0.508 e. The monoisotopic (exact) mass is 1090 g/mol. The first-order chi connectivity index (χ1) is 36.9. The molecule has 0 bridgehead atoms. The number of nitrogens with one attached hydrogen (secondary N) is 4. The zero-order valence-corrected chi connectivity index (χ0v) is 46.9. The number of nitrogens with zero attached hydrogens (tertiary/aromatic N) is 1. The number of piperidine rings is 1. The molecule has 19 nitrogen and oxygen atoms in total. The van der Waals surface area contributed by atoms with E-state index in [1.165, 1.54) is 36.2 Å². The fourth-order valence-corrected chi connectivity index (χ4v) is 11.5. The highest BCUT2D eigenvalue weighted by atomic mass is 16.5. The zero-order valence-electron chi connectivity index (χ0n) is 46.9. The molecule has 0 radical (unpaired) electrons.